The lowest BCUT2D eigenvalue weighted by Crippen LogP contribution is -2.30. The molecule has 0 aliphatic heterocycles. The van der Waals surface area contributed by atoms with E-state index in [4.69, 9.17) is 24.1 Å². The van der Waals surface area contributed by atoms with E-state index in [1.807, 2.05) is 20.8 Å². The molecule has 0 atom stereocenters. The second-order valence-electron chi connectivity index (χ2n) is 6.70. The Morgan fingerprint density at radius 3 is 1.69 bits per heavy atom. The molecule has 0 saturated heterocycles. The number of rotatable bonds is 17. The molecular formula is C18H35NO7. The fourth-order valence-electron chi connectivity index (χ4n) is 1.77. The number of amides is 1. The van der Waals surface area contributed by atoms with Crippen LogP contribution < -0.4 is 5.32 Å². The van der Waals surface area contributed by atoms with Crippen LogP contribution >= 0.6 is 0 Å². The Morgan fingerprint density at radius 1 is 0.769 bits per heavy atom. The van der Waals surface area contributed by atoms with Gasteiger partial charge in [0.05, 0.1) is 59.5 Å². The number of aliphatic hydroxyl groups excluding tert-OH is 1. The summed E-state index contributed by atoms with van der Waals surface area (Å²) in [6.07, 6.45) is 0.611. The highest BCUT2D eigenvalue weighted by molar-refractivity contribution is 5.84. The highest BCUT2D eigenvalue weighted by Gasteiger charge is 2.20. The molecule has 154 valence electrons. The Kier molecular flexibility index (Phi) is 15.5. The van der Waals surface area contributed by atoms with E-state index in [2.05, 4.69) is 5.32 Å². The van der Waals surface area contributed by atoms with Gasteiger partial charge in [0.2, 0.25) is 5.91 Å². The molecule has 0 saturated carbocycles. The molecule has 26 heavy (non-hydrogen) atoms. The van der Waals surface area contributed by atoms with E-state index in [1.54, 1.807) is 0 Å². The third-order valence-corrected chi connectivity index (χ3v) is 3.34. The van der Waals surface area contributed by atoms with Gasteiger partial charge in [-0.15, -0.1) is 0 Å². The zero-order valence-electron chi connectivity index (χ0n) is 16.4. The summed E-state index contributed by atoms with van der Waals surface area (Å²) in [5, 5.41) is 11.2. The van der Waals surface area contributed by atoms with Crippen LogP contribution in [0.3, 0.4) is 0 Å². The number of ketones is 1. The average molecular weight is 377 g/mol. The van der Waals surface area contributed by atoms with E-state index >= 15 is 0 Å². The van der Waals surface area contributed by atoms with Crippen LogP contribution in [0.15, 0.2) is 0 Å². The number of nitrogens with one attached hydrogen (secondary N) is 1. The molecule has 0 heterocycles. The fraction of sp³-hybridized carbons (Fsp3) is 0.889. The molecule has 0 aliphatic carbocycles. The summed E-state index contributed by atoms with van der Waals surface area (Å²) < 4.78 is 20.9. The van der Waals surface area contributed by atoms with Gasteiger partial charge in [-0.1, -0.05) is 20.8 Å². The molecule has 8 nitrogen and oxygen atoms in total. The number of ether oxygens (including phenoxy) is 4. The third-order valence-electron chi connectivity index (χ3n) is 3.34. The molecule has 0 radical (unpaired) electrons. The quantitative estimate of drug-likeness (QED) is 0.357. The number of aliphatic hydroxyl groups is 1. The summed E-state index contributed by atoms with van der Waals surface area (Å²) in [5.41, 5.74) is -0.368. The van der Waals surface area contributed by atoms with E-state index in [9.17, 15) is 9.59 Å². The molecule has 0 aromatic carbocycles. The van der Waals surface area contributed by atoms with Crippen molar-refractivity contribution in [2.45, 2.75) is 33.6 Å². The van der Waals surface area contributed by atoms with Crippen LogP contribution in [0.5, 0.6) is 0 Å². The molecule has 8 heteroatoms. The maximum Gasteiger partial charge on any atom is 0.222 e. The van der Waals surface area contributed by atoms with Crippen molar-refractivity contribution >= 4 is 11.7 Å². The SMILES string of the molecule is CC(C)(C)C(=O)CCNC(=O)CCOCCOCCOCCOCCO. The summed E-state index contributed by atoms with van der Waals surface area (Å²) in [6, 6.07) is 0. The number of hydrogen-bond acceptors (Lipinski definition) is 7. The maximum atomic E-state index is 11.7. The van der Waals surface area contributed by atoms with Crippen LogP contribution in [-0.2, 0) is 28.5 Å². The predicted octanol–water partition coefficient (Wildman–Crippen LogP) is 0.557. The number of Topliss-reactive ketones (excluding diaryl/α,β-unsaturated/α-hetero) is 1. The summed E-state index contributed by atoms with van der Waals surface area (Å²) in [4.78, 5) is 23.3. The van der Waals surface area contributed by atoms with Crippen LogP contribution in [0.1, 0.15) is 33.6 Å². The van der Waals surface area contributed by atoms with Crippen LogP contribution in [0, 0.1) is 5.41 Å². The number of carbonyl (C=O) groups excluding carboxylic acids is 2. The second kappa shape index (κ2) is 16.1. The van der Waals surface area contributed by atoms with Gasteiger partial charge in [0, 0.05) is 24.8 Å². The highest BCUT2D eigenvalue weighted by atomic mass is 16.6. The minimum atomic E-state index is -0.368. The maximum absolute atomic E-state index is 11.7. The van der Waals surface area contributed by atoms with Gasteiger partial charge in [0.25, 0.3) is 0 Å². The molecule has 0 rings (SSSR count). The van der Waals surface area contributed by atoms with Gasteiger partial charge in [0.15, 0.2) is 0 Å². The Bertz CT molecular complexity index is 369. The van der Waals surface area contributed by atoms with E-state index in [0.29, 0.717) is 65.8 Å². The van der Waals surface area contributed by atoms with Gasteiger partial charge in [-0.25, -0.2) is 0 Å². The summed E-state index contributed by atoms with van der Waals surface area (Å²) in [6.45, 7) is 9.33. The molecule has 0 unspecified atom stereocenters. The van der Waals surface area contributed by atoms with Crippen molar-refractivity contribution in [3.63, 3.8) is 0 Å². The standard InChI is InChI=1S/C18H35NO7/c1-18(2,3)16(21)4-6-19-17(22)5-8-23-10-12-25-14-15-26-13-11-24-9-7-20/h20H,4-15H2,1-3H3,(H,19,22). The van der Waals surface area contributed by atoms with E-state index in [-0.39, 0.29) is 30.1 Å². The first-order valence-corrected chi connectivity index (χ1v) is 9.09. The molecule has 2 N–H and O–H groups in total. The first-order chi connectivity index (χ1) is 12.4. The topological polar surface area (TPSA) is 103 Å². The Labute approximate surface area is 156 Å². The molecule has 0 spiro atoms. The van der Waals surface area contributed by atoms with Gasteiger partial charge >= 0.3 is 0 Å². The lowest BCUT2D eigenvalue weighted by Gasteiger charge is -2.16. The van der Waals surface area contributed by atoms with Crippen molar-refractivity contribution in [1.29, 1.82) is 0 Å². The molecular weight excluding hydrogens is 342 g/mol. The Morgan fingerprint density at radius 2 is 1.23 bits per heavy atom. The fourth-order valence-corrected chi connectivity index (χ4v) is 1.77. The smallest absolute Gasteiger partial charge is 0.222 e. The molecule has 0 bridgehead atoms. The summed E-state index contributed by atoms with van der Waals surface area (Å²) >= 11 is 0. The third kappa shape index (κ3) is 16.4. The zero-order valence-corrected chi connectivity index (χ0v) is 16.4. The van der Waals surface area contributed by atoms with Gasteiger partial charge in [-0.05, 0) is 0 Å². The molecule has 0 aliphatic rings. The summed E-state index contributed by atoms with van der Waals surface area (Å²) in [7, 11) is 0. The first kappa shape index (κ1) is 24.9. The van der Waals surface area contributed by atoms with E-state index < -0.39 is 0 Å². The number of hydrogen-bond donors (Lipinski definition) is 2. The largest absolute Gasteiger partial charge is 0.394 e. The summed E-state index contributed by atoms with van der Waals surface area (Å²) in [5.74, 6) is 0.0114. The van der Waals surface area contributed by atoms with Gasteiger partial charge in [-0.2, -0.15) is 0 Å². The monoisotopic (exact) mass is 377 g/mol. The minimum absolute atomic E-state index is 0.0155. The van der Waals surface area contributed by atoms with Crippen molar-refractivity contribution in [2.24, 2.45) is 5.41 Å². The number of carbonyl (C=O) groups is 2. The van der Waals surface area contributed by atoms with Crippen LogP contribution in [0.4, 0.5) is 0 Å². The molecule has 0 fully saturated rings. The predicted molar refractivity (Wildman–Crippen MR) is 97.1 cm³/mol. The zero-order chi connectivity index (χ0) is 19.7. The van der Waals surface area contributed by atoms with Gasteiger partial charge < -0.3 is 29.4 Å². The first-order valence-electron chi connectivity index (χ1n) is 9.09. The Hall–Kier alpha value is -1.06. The van der Waals surface area contributed by atoms with Crippen molar-refractivity contribution in [1.82, 2.24) is 5.32 Å². The van der Waals surface area contributed by atoms with Gasteiger partial charge in [0.1, 0.15) is 5.78 Å². The van der Waals surface area contributed by atoms with Crippen LogP contribution in [0.2, 0.25) is 0 Å². The van der Waals surface area contributed by atoms with Crippen LogP contribution in [-0.4, -0.2) is 82.8 Å². The average Bonchev–Trinajstić information content (AvgIpc) is 2.58. The van der Waals surface area contributed by atoms with Gasteiger partial charge in [-0.3, -0.25) is 9.59 Å². The molecule has 0 aromatic heterocycles. The second-order valence-corrected chi connectivity index (χ2v) is 6.70. The van der Waals surface area contributed by atoms with Crippen molar-refractivity contribution < 1.29 is 33.6 Å². The van der Waals surface area contributed by atoms with Crippen LogP contribution in [0.25, 0.3) is 0 Å². The highest BCUT2D eigenvalue weighted by Crippen LogP contribution is 2.15. The normalized spacial score (nSPS) is 11.5. The van der Waals surface area contributed by atoms with E-state index in [1.165, 1.54) is 0 Å². The Balaban J connectivity index is 3.29. The molecule has 0 aromatic rings. The van der Waals surface area contributed by atoms with Crippen molar-refractivity contribution in [3.05, 3.63) is 0 Å². The van der Waals surface area contributed by atoms with E-state index in [0.717, 1.165) is 0 Å². The van der Waals surface area contributed by atoms with Crippen molar-refractivity contribution in [3.8, 4) is 0 Å². The lowest BCUT2D eigenvalue weighted by atomic mass is 9.89. The minimum Gasteiger partial charge on any atom is -0.394 e. The lowest BCUT2D eigenvalue weighted by molar-refractivity contribution is -0.126. The molecule has 1 amide bonds. The van der Waals surface area contributed by atoms with Crippen molar-refractivity contribution in [2.75, 3.05) is 66.0 Å².